The topological polar surface area (TPSA) is 100 Å². The highest BCUT2D eigenvalue weighted by Gasteiger charge is 2.17. The minimum absolute atomic E-state index is 0.192. The first-order valence-corrected chi connectivity index (χ1v) is 9.77. The van der Waals surface area contributed by atoms with Gasteiger partial charge >= 0.3 is 0 Å². The normalized spacial score (nSPS) is 14.1. The van der Waals surface area contributed by atoms with Gasteiger partial charge in [-0.25, -0.2) is 4.98 Å². The zero-order valence-corrected chi connectivity index (χ0v) is 16.7. The zero-order valence-electron chi connectivity index (χ0n) is 16.7. The first kappa shape index (κ1) is 19.0. The molecule has 0 spiro atoms. The summed E-state index contributed by atoms with van der Waals surface area (Å²) in [7, 11) is 3.78. The van der Waals surface area contributed by atoms with Crippen LogP contribution in [0.15, 0.2) is 30.5 Å². The molecule has 150 valence electrons. The van der Waals surface area contributed by atoms with Crippen LogP contribution < -0.4 is 15.1 Å². The van der Waals surface area contributed by atoms with Gasteiger partial charge in [-0.1, -0.05) is 12.1 Å². The van der Waals surface area contributed by atoms with Crippen molar-refractivity contribution in [1.29, 1.82) is 0 Å². The lowest BCUT2D eigenvalue weighted by Gasteiger charge is -2.27. The van der Waals surface area contributed by atoms with Gasteiger partial charge in [-0.05, 0) is 31.4 Å². The maximum Gasteiger partial charge on any atom is 0.271 e. The lowest BCUT2D eigenvalue weighted by atomic mass is 10.1. The average Bonchev–Trinajstić information content (AvgIpc) is 2.77. The Balaban J connectivity index is 1.51. The molecular weight excluding hydrogens is 368 g/mol. The monoisotopic (exact) mass is 392 g/mol. The number of para-hydroxylation sites is 2. The van der Waals surface area contributed by atoms with E-state index in [9.17, 15) is 4.79 Å². The third-order valence-electron chi connectivity index (χ3n) is 4.79. The van der Waals surface area contributed by atoms with Crippen molar-refractivity contribution in [2.75, 3.05) is 37.0 Å². The Kier molecular flexibility index (Phi) is 5.46. The van der Waals surface area contributed by atoms with Crippen molar-refractivity contribution in [2.45, 2.75) is 25.8 Å². The van der Waals surface area contributed by atoms with Crippen molar-refractivity contribution in [3.8, 4) is 0 Å². The van der Waals surface area contributed by atoms with Crippen molar-refractivity contribution in [3.63, 3.8) is 0 Å². The van der Waals surface area contributed by atoms with Gasteiger partial charge in [0.25, 0.3) is 5.91 Å². The fraction of sp³-hybridized carbons (Fsp3) is 0.400. The molecular formula is C20H24N8O. The molecule has 1 aliphatic heterocycles. The number of anilines is 2. The number of hydrogen-bond acceptors (Lipinski definition) is 8. The smallest absolute Gasteiger partial charge is 0.271 e. The third kappa shape index (κ3) is 4.39. The van der Waals surface area contributed by atoms with Crippen LogP contribution in [0.1, 0.15) is 35.6 Å². The Morgan fingerprint density at radius 1 is 1.03 bits per heavy atom. The van der Waals surface area contributed by atoms with E-state index in [2.05, 4.69) is 35.1 Å². The molecule has 9 nitrogen and oxygen atoms in total. The molecule has 0 bridgehead atoms. The molecule has 4 rings (SSSR count). The standard InChI is InChI=1S/C20H24N8O/c1-27(2)19-24-17(25-20(26-19)28-10-6-3-7-11-28)13-22-18(29)16-12-21-14-8-4-5-9-15(14)23-16/h4-5,8-9,12H,3,6-7,10-11,13H2,1-2H3,(H,22,29). The van der Waals surface area contributed by atoms with Crippen molar-refractivity contribution in [1.82, 2.24) is 30.2 Å². The second-order valence-electron chi connectivity index (χ2n) is 7.22. The summed E-state index contributed by atoms with van der Waals surface area (Å²) < 4.78 is 0. The second-order valence-corrected chi connectivity index (χ2v) is 7.22. The molecule has 29 heavy (non-hydrogen) atoms. The van der Waals surface area contributed by atoms with Gasteiger partial charge in [-0.2, -0.15) is 15.0 Å². The van der Waals surface area contributed by atoms with Crippen LogP contribution in [-0.2, 0) is 6.54 Å². The van der Waals surface area contributed by atoms with E-state index in [1.54, 1.807) is 0 Å². The van der Waals surface area contributed by atoms with Gasteiger partial charge < -0.3 is 15.1 Å². The summed E-state index contributed by atoms with van der Waals surface area (Å²) in [4.78, 5) is 38.9. The summed E-state index contributed by atoms with van der Waals surface area (Å²) in [5, 5.41) is 2.84. The van der Waals surface area contributed by atoms with E-state index < -0.39 is 0 Å². The predicted octanol–water partition coefficient (Wildman–Crippen LogP) is 1.80. The summed E-state index contributed by atoms with van der Waals surface area (Å²) in [6.07, 6.45) is 4.98. The summed E-state index contributed by atoms with van der Waals surface area (Å²) >= 11 is 0. The number of nitrogens with zero attached hydrogens (tertiary/aromatic N) is 7. The number of nitrogens with one attached hydrogen (secondary N) is 1. The van der Waals surface area contributed by atoms with Gasteiger partial charge in [0.1, 0.15) is 5.69 Å². The second kappa shape index (κ2) is 8.34. The van der Waals surface area contributed by atoms with Crippen LogP contribution in [0.2, 0.25) is 0 Å². The largest absolute Gasteiger partial charge is 0.347 e. The molecule has 1 amide bonds. The lowest BCUT2D eigenvalue weighted by Crippen LogP contribution is -2.33. The number of carbonyl (C=O) groups is 1. The number of rotatable bonds is 5. The van der Waals surface area contributed by atoms with Crippen LogP contribution in [0.25, 0.3) is 11.0 Å². The van der Waals surface area contributed by atoms with E-state index in [1.807, 2.05) is 43.3 Å². The molecule has 0 unspecified atom stereocenters. The molecule has 3 heterocycles. The summed E-state index contributed by atoms with van der Waals surface area (Å²) in [6, 6.07) is 7.45. The quantitative estimate of drug-likeness (QED) is 0.702. The number of piperidine rings is 1. The van der Waals surface area contributed by atoms with E-state index in [0.29, 0.717) is 23.2 Å². The minimum Gasteiger partial charge on any atom is -0.347 e. The molecule has 1 aromatic carbocycles. The van der Waals surface area contributed by atoms with E-state index in [4.69, 9.17) is 0 Å². The fourth-order valence-corrected chi connectivity index (χ4v) is 3.23. The molecule has 9 heteroatoms. The van der Waals surface area contributed by atoms with Gasteiger partial charge in [0.15, 0.2) is 5.82 Å². The SMILES string of the molecule is CN(C)c1nc(CNC(=O)c2cnc3ccccc3n2)nc(N2CCCCC2)n1. The Labute approximate surface area is 169 Å². The van der Waals surface area contributed by atoms with E-state index >= 15 is 0 Å². The predicted molar refractivity (Wildman–Crippen MR) is 111 cm³/mol. The first-order chi connectivity index (χ1) is 14.1. The lowest BCUT2D eigenvalue weighted by molar-refractivity contribution is 0.0945. The molecule has 0 saturated carbocycles. The van der Waals surface area contributed by atoms with E-state index in [1.165, 1.54) is 12.6 Å². The van der Waals surface area contributed by atoms with E-state index in [0.717, 1.165) is 31.4 Å². The Morgan fingerprint density at radius 3 is 2.55 bits per heavy atom. The summed E-state index contributed by atoms with van der Waals surface area (Å²) in [6.45, 7) is 2.07. The maximum atomic E-state index is 12.6. The van der Waals surface area contributed by atoms with Gasteiger partial charge in [0.05, 0.1) is 23.8 Å². The van der Waals surface area contributed by atoms with Gasteiger partial charge in [-0.15, -0.1) is 0 Å². The van der Waals surface area contributed by atoms with Gasteiger partial charge in [0, 0.05) is 27.2 Å². The number of benzene rings is 1. The number of amides is 1. The van der Waals surface area contributed by atoms with Crippen LogP contribution in [0, 0.1) is 0 Å². The molecule has 3 aromatic rings. The number of carbonyl (C=O) groups excluding carboxylic acids is 1. The van der Waals surface area contributed by atoms with Gasteiger partial charge in [-0.3, -0.25) is 9.78 Å². The van der Waals surface area contributed by atoms with Crippen LogP contribution >= 0.6 is 0 Å². The molecule has 1 fully saturated rings. The maximum absolute atomic E-state index is 12.6. The average molecular weight is 392 g/mol. The summed E-state index contributed by atoms with van der Waals surface area (Å²) in [5.74, 6) is 1.45. The van der Waals surface area contributed by atoms with Crippen molar-refractivity contribution >= 4 is 28.8 Å². The zero-order chi connectivity index (χ0) is 20.2. The van der Waals surface area contributed by atoms with E-state index in [-0.39, 0.29) is 18.1 Å². The Hall–Kier alpha value is -3.36. The van der Waals surface area contributed by atoms with Crippen molar-refractivity contribution in [3.05, 3.63) is 42.0 Å². The van der Waals surface area contributed by atoms with Crippen LogP contribution in [0.3, 0.4) is 0 Å². The fourth-order valence-electron chi connectivity index (χ4n) is 3.23. The number of fused-ring (bicyclic) bond motifs is 1. The Morgan fingerprint density at radius 2 is 1.79 bits per heavy atom. The molecule has 0 aliphatic carbocycles. The third-order valence-corrected chi connectivity index (χ3v) is 4.79. The van der Waals surface area contributed by atoms with Crippen LogP contribution in [0.5, 0.6) is 0 Å². The number of aromatic nitrogens is 5. The Bertz CT molecular complexity index is 1020. The molecule has 2 aromatic heterocycles. The summed E-state index contributed by atoms with van der Waals surface area (Å²) in [5.41, 5.74) is 1.70. The highest BCUT2D eigenvalue weighted by molar-refractivity contribution is 5.93. The highest BCUT2D eigenvalue weighted by Crippen LogP contribution is 2.18. The molecule has 1 N–H and O–H groups in total. The van der Waals surface area contributed by atoms with Crippen molar-refractivity contribution in [2.24, 2.45) is 0 Å². The molecule has 1 aliphatic rings. The first-order valence-electron chi connectivity index (χ1n) is 9.77. The molecule has 0 radical (unpaired) electrons. The van der Waals surface area contributed by atoms with Crippen LogP contribution in [-0.4, -0.2) is 58.0 Å². The van der Waals surface area contributed by atoms with Crippen molar-refractivity contribution < 1.29 is 4.79 Å². The minimum atomic E-state index is -0.311. The van der Waals surface area contributed by atoms with Crippen LogP contribution in [0.4, 0.5) is 11.9 Å². The highest BCUT2D eigenvalue weighted by atomic mass is 16.1. The number of hydrogen-bond donors (Lipinski definition) is 1. The van der Waals surface area contributed by atoms with Gasteiger partial charge in [0.2, 0.25) is 11.9 Å². The molecule has 0 atom stereocenters. The molecule has 1 saturated heterocycles.